The van der Waals surface area contributed by atoms with E-state index in [2.05, 4.69) is 49.8 Å². The highest BCUT2D eigenvalue weighted by Gasteiger charge is 2.33. The molecular formula is C16H26ClN3. The van der Waals surface area contributed by atoms with Crippen molar-refractivity contribution in [1.29, 1.82) is 0 Å². The molecule has 1 aliphatic rings. The van der Waals surface area contributed by atoms with Crippen molar-refractivity contribution in [2.75, 3.05) is 11.4 Å². The summed E-state index contributed by atoms with van der Waals surface area (Å²) in [7, 11) is 0. The monoisotopic (exact) mass is 295 g/mol. The molecule has 1 aliphatic heterocycles. The summed E-state index contributed by atoms with van der Waals surface area (Å²) >= 11 is 6.45. The van der Waals surface area contributed by atoms with Crippen LogP contribution in [0.5, 0.6) is 0 Å². The van der Waals surface area contributed by atoms with Crippen LogP contribution in [-0.4, -0.2) is 22.6 Å². The van der Waals surface area contributed by atoms with Crippen molar-refractivity contribution in [1.82, 2.24) is 10.3 Å². The molecule has 0 unspecified atom stereocenters. The Bertz CT molecular complexity index is 477. The number of hydrogen-bond donors (Lipinski definition) is 1. The molecule has 0 spiro atoms. The average molecular weight is 296 g/mol. The van der Waals surface area contributed by atoms with E-state index < -0.39 is 0 Å². The minimum Gasteiger partial charge on any atom is -0.350 e. The van der Waals surface area contributed by atoms with Crippen molar-refractivity contribution >= 4 is 17.4 Å². The highest BCUT2D eigenvalue weighted by atomic mass is 35.5. The van der Waals surface area contributed by atoms with E-state index in [4.69, 9.17) is 11.6 Å². The Morgan fingerprint density at radius 2 is 2.10 bits per heavy atom. The molecule has 0 saturated carbocycles. The summed E-state index contributed by atoms with van der Waals surface area (Å²) in [6, 6.07) is 2.04. The van der Waals surface area contributed by atoms with E-state index in [0.717, 1.165) is 29.5 Å². The highest BCUT2D eigenvalue weighted by molar-refractivity contribution is 6.33. The summed E-state index contributed by atoms with van der Waals surface area (Å²) in [4.78, 5) is 6.94. The fraction of sp³-hybridized carbons (Fsp3) is 0.688. The molecule has 4 heteroatoms. The molecule has 1 fully saturated rings. The first kappa shape index (κ1) is 15.6. The van der Waals surface area contributed by atoms with Gasteiger partial charge in [-0.2, -0.15) is 0 Å². The predicted octanol–water partition coefficient (Wildman–Crippen LogP) is 4.00. The Labute approximate surface area is 127 Å². The second-order valence-electron chi connectivity index (χ2n) is 7.32. The molecule has 0 radical (unpaired) electrons. The van der Waals surface area contributed by atoms with E-state index >= 15 is 0 Å². The van der Waals surface area contributed by atoms with Gasteiger partial charge in [0.2, 0.25) is 0 Å². The number of hydrogen-bond acceptors (Lipinski definition) is 3. The lowest BCUT2D eigenvalue weighted by molar-refractivity contribution is 0.424. The first-order valence-electron chi connectivity index (χ1n) is 7.36. The Morgan fingerprint density at radius 1 is 1.40 bits per heavy atom. The van der Waals surface area contributed by atoms with Crippen LogP contribution in [0, 0.1) is 0 Å². The molecule has 0 aromatic carbocycles. The molecule has 0 aliphatic carbocycles. The average Bonchev–Trinajstić information content (AvgIpc) is 2.66. The molecule has 0 bridgehead atoms. The maximum atomic E-state index is 6.45. The van der Waals surface area contributed by atoms with E-state index in [1.54, 1.807) is 0 Å². The molecule has 0 atom stereocenters. The Morgan fingerprint density at radius 3 is 2.60 bits per heavy atom. The van der Waals surface area contributed by atoms with Crippen LogP contribution in [0.25, 0.3) is 0 Å². The van der Waals surface area contributed by atoms with Gasteiger partial charge in [-0.05, 0) is 59.1 Å². The fourth-order valence-electron chi connectivity index (χ4n) is 2.63. The summed E-state index contributed by atoms with van der Waals surface area (Å²) in [5.41, 5.74) is 1.38. The molecule has 1 saturated heterocycles. The first-order valence-corrected chi connectivity index (χ1v) is 7.74. The van der Waals surface area contributed by atoms with Crippen LogP contribution in [-0.2, 0) is 6.54 Å². The summed E-state index contributed by atoms with van der Waals surface area (Å²) in [5, 5.41) is 4.22. The van der Waals surface area contributed by atoms with Crippen molar-refractivity contribution in [3.8, 4) is 0 Å². The lowest BCUT2D eigenvalue weighted by Gasteiger charge is -2.33. The number of rotatable bonds is 3. The van der Waals surface area contributed by atoms with Gasteiger partial charge in [0.25, 0.3) is 0 Å². The summed E-state index contributed by atoms with van der Waals surface area (Å²) in [5.74, 6) is 0.925. The van der Waals surface area contributed by atoms with Gasteiger partial charge in [0.1, 0.15) is 5.82 Å². The minimum absolute atomic E-state index is 0.0993. The number of aromatic nitrogens is 1. The maximum absolute atomic E-state index is 6.45. The fourth-order valence-corrected chi connectivity index (χ4v) is 2.92. The van der Waals surface area contributed by atoms with Crippen LogP contribution in [0.1, 0.15) is 53.0 Å². The molecule has 2 rings (SSSR count). The minimum atomic E-state index is 0.0993. The van der Waals surface area contributed by atoms with Crippen LogP contribution in [0.2, 0.25) is 5.02 Å². The van der Waals surface area contributed by atoms with Gasteiger partial charge >= 0.3 is 0 Å². The lowest BCUT2D eigenvalue weighted by Crippen LogP contribution is -2.39. The third kappa shape index (κ3) is 3.64. The Hall–Kier alpha value is -0.800. The number of pyridine rings is 1. The van der Waals surface area contributed by atoms with Gasteiger partial charge in [-0.3, -0.25) is 0 Å². The molecule has 3 nitrogen and oxygen atoms in total. The smallest absolute Gasteiger partial charge is 0.147 e. The Kier molecular flexibility index (Phi) is 4.31. The molecule has 1 aromatic rings. The van der Waals surface area contributed by atoms with Crippen LogP contribution >= 0.6 is 11.6 Å². The van der Waals surface area contributed by atoms with Crippen molar-refractivity contribution in [3.05, 3.63) is 22.8 Å². The van der Waals surface area contributed by atoms with Crippen LogP contribution in [0.4, 0.5) is 5.82 Å². The zero-order valence-corrected chi connectivity index (χ0v) is 14.0. The van der Waals surface area contributed by atoms with Gasteiger partial charge in [-0.15, -0.1) is 0 Å². The highest BCUT2D eigenvalue weighted by Crippen LogP contribution is 2.36. The molecule has 112 valence electrons. The molecule has 2 heterocycles. The summed E-state index contributed by atoms with van der Waals surface area (Å²) < 4.78 is 0. The topological polar surface area (TPSA) is 28.2 Å². The standard InChI is InChI=1S/C16H26ClN3/c1-15(2,3)19-11-12-9-13(17)14(18-10-12)20-8-6-7-16(20,4)5/h9-10,19H,6-8,11H2,1-5H3. The number of nitrogens with one attached hydrogen (secondary N) is 1. The molecule has 1 aromatic heterocycles. The SMILES string of the molecule is CC(C)(C)NCc1cnc(N2CCCC2(C)C)c(Cl)c1. The molecule has 20 heavy (non-hydrogen) atoms. The first-order chi connectivity index (χ1) is 9.19. The zero-order chi connectivity index (χ0) is 15.0. The van der Waals surface area contributed by atoms with Crippen molar-refractivity contribution in [2.45, 2.75) is 65.1 Å². The third-order valence-corrected chi connectivity index (χ3v) is 4.14. The van der Waals surface area contributed by atoms with Gasteiger partial charge in [-0.25, -0.2) is 4.98 Å². The summed E-state index contributed by atoms with van der Waals surface area (Å²) in [6.45, 7) is 12.8. The van der Waals surface area contributed by atoms with Crippen LogP contribution in [0.3, 0.4) is 0 Å². The maximum Gasteiger partial charge on any atom is 0.147 e. The van der Waals surface area contributed by atoms with E-state index in [9.17, 15) is 0 Å². The van der Waals surface area contributed by atoms with Crippen molar-refractivity contribution in [3.63, 3.8) is 0 Å². The third-order valence-electron chi connectivity index (χ3n) is 3.86. The van der Waals surface area contributed by atoms with Crippen LogP contribution < -0.4 is 10.2 Å². The second kappa shape index (κ2) is 5.53. The number of anilines is 1. The zero-order valence-electron chi connectivity index (χ0n) is 13.3. The quantitative estimate of drug-likeness (QED) is 0.913. The van der Waals surface area contributed by atoms with E-state index in [1.165, 1.54) is 12.8 Å². The van der Waals surface area contributed by atoms with Crippen LogP contribution in [0.15, 0.2) is 12.3 Å². The van der Waals surface area contributed by atoms with Gasteiger partial charge in [0.15, 0.2) is 0 Å². The van der Waals surface area contributed by atoms with Gasteiger partial charge < -0.3 is 10.2 Å². The summed E-state index contributed by atoms with van der Waals surface area (Å²) in [6.07, 6.45) is 4.34. The molecular weight excluding hydrogens is 270 g/mol. The van der Waals surface area contributed by atoms with Gasteiger partial charge in [0.05, 0.1) is 5.02 Å². The van der Waals surface area contributed by atoms with Crippen molar-refractivity contribution in [2.24, 2.45) is 0 Å². The number of halogens is 1. The van der Waals surface area contributed by atoms with E-state index in [-0.39, 0.29) is 11.1 Å². The predicted molar refractivity (Wildman–Crippen MR) is 86.5 cm³/mol. The Balaban J connectivity index is 2.14. The molecule has 0 amide bonds. The second-order valence-corrected chi connectivity index (χ2v) is 7.73. The molecule has 1 N–H and O–H groups in total. The lowest BCUT2D eigenvalue weighted by atomic mass is 10.0. The van der Waals surface area contributed by atoms with Gasteiger partial charge in [0, 0.05) is 30.4 Å². The van der Waals surface area contributed by atoms with E-state index in [1.807, 2.05) is 12.3 Å². The van der Waals surface area contributed by atoms with E-state index in [0.29, 0.717) is 0 Å². The van der Waals surface area contributed by atoms with Gasteiger partial charge in [-0.1, -0.05) is 11.6 Å². The van der Waals surface area contributed by atoms with Crippen molar-refractivity contribution < 1.29 is 0 Å². The number of nitrogens with zero attached hydrogens (tertiary/aromatic N) is 2. The normalized spacial score (nSPS) is 18.6. The largest absolute Gasteiger partial charge is 0.350 e.